The van der Waals surface area contributed by atoms with E-state index in [2.05, 4.69) is 19.9 Å². The fourth-order valence-electron chi connectivity index (χ4n) is 7.11. The van der Waals surface area contributed by atoms with E-state index < -0.39 is 0 Å². The number of carbonyl (C=O) groups is 1. The number of allylic oxidation sites excluding steroid dienone is 3. The zero-order valence-corrected chi connectivity index (χ0v) is 16.3. The molecule has 2 nitrogen and oxygen atoms in total. The Hall–Kier alpha value is -1.05. The van der Waals surface area contributed by atoms with E-state index in [1.165, 1.54) is 56.9 Å². The first kappa shape index (κ1) is 17.4. The summed E-state index contributed by atoms with van der Waals surface area (Å²) >= 11 is 0. The molecule has 0 aromatic rings. The molecular formula is C23H34O2. The molecule has 5 atom stereocenters. The van der Waals surface area contributed by atoms with Gasteiger partial charge >= 0.3 is 5.97 Å². The minimum Gasteiger partial charge on any atom is -0.463 e. The average Bonchev–Trinajstić information content (AvgIpc) is 2.91. The lowest BCUT2D eigenvalue weighted by Gasteiger charge is -2.57. The Labute approximate surface area is 153 Å². The predicted octanol–water partition coefficient (Wildman–Crippen LogP) is 5.83. The van der Waals surface area contributed by atoms with E-state index in [0.717, 1.165) is 24.2 Å². The summed E-state index contributed by atoms with van der Waals surface area (Å²) in [6.45, 7) is 7.37. The molecular weight excluding hydrogens is 308 g/mol. The maximum atomic E-state index is 12.0. The van der Waals surface area contributed by atoms with Gasteiger partial charge in [0.1, 0.15) is 0 Å². The highest BCUT2D eigenvalue weighted by molar-refractivity contribution is 5.83. The Balaban J connectivity index is 1.62. The number of carbonyl (C=O) groups excluding carboxylic acids is 1. The van der Waals surface area contributed by atoms with Gasteiger partial charge in [0.25, 0.3) is 0 Å². The summed E-state index contributed by atoms with van der Waals surface area (Å²) < 4.78 is 5.20. The smallest absolute Gasteiger partial charge is 0.330 e. The lowest BCUT2D eigenvalue weighted by Crippen LogP contribution is -2.48. The number of hydrogen-bond donors (Lipinski definition) is 0. The van der Waals surface area contributed by atoms with Crippen LogP contribution in [0.4, 0.5) is 0 Å². The van der Waals surface area contributed by atoms with Crippen LogP contribution in [-0.4, -0.2) is 12.6 Å². The van der Waals surface area contributed by atoms with Gasteiger partial charge in [0.2, 0.25) is 0 Å². The molecule has 0 heterocycles. The average molecular weight is 343 g/mol. The number of ether oxygens (including phenoxy) is 1. The standard InChI is InChI=1S/C23H34O2/c1-4-25-21(24)15-17-9-11-19-18-10-8-16-7-5-6-13-22(16,2)20(18)12-14-23(17,19)3/h8,15,18-20H,4-7,9-14H2,1-3H3/t18-,19-,20-,22-,23+/m0/s1. The Morgan fingerprint density at radius 2 is 1.96 bits per heavy atom. The maximum absolute atomic E-state index is 12.0. The third-order valence-corrected chi connectivity index (χ3v) is 8.44. The van der Waals surface area contributed by atoms with E-state index in [1.54, 1.807) is 5.57 Å². The lowest BCUT2D eigenvalue weighted by atomic mass is 9.48. The molecule has 0 N–H and O–H groups in total. The van der Waals surface area contributed by atoms with Gasteiger partial charge in [-0.15, -0.1) is 0 Å². The van der Waals surface area contributed by atoms with Crippen LogP contribution in [0.2, 0.25) is 0 Å². The normalized spacial score (nSPS) is 44.5. The zero-order valence-electron chi connectivity index (χ0n) is 16.3. The molecule has 0 amide bonds. The molecule has 0 bridgehead atoms. The molecule has 4 aliphatic rings. The van der Waals surface area contributed by atoms with E-state index >= 15 is 0 Å². The van der Waals surface area contributed by atoms with Gasteiger partial charge in [0.05, 0.1) is 6.61 Å². The highest BCUT2D eigenvalue weighted by Gasteiger charge is 2.56. The second-order valence-electron chi connectivity index (χ2n) is 9.38. The molecule has 2 heteroatoms. The molecule has 0 saturated heterocycles. The highest BCUT2D eigenvalue weighted by Crippen LogP contribution is 2.66. The summed E-state index contributed by atoms with van der Waals surface area (Å²) in [5, 5.41) is 0. The number of esters is 1. The molecule has 3 fully saturated rings. The lowest BCUT2D eigenvalue weighted by molar-refractivity contribution is -0.137. The van der Waals surface area contributed by atoms with Crippen molar-refractivity contribution < 1.29 is 9.53 Å². The van der Waals surface area contributed by atoms with Crippen molar-refractivity contribution in [3.8, 4) is 0 Å². The minimum atomic E-state index is -0.133. The van der Waals surface area contributed by atoms with E-state index in [9.17, 15) is 4.79 Å². The summed E-state index contributed by atoms with van der Waals surface area (Å²) in [7, 11) is 0. The van der Waals surface area contributed by atoms with Crippen molar-refractivity contribution >= 4 is 5.97 Å². The first-order valence-corrected chi connectivity index (χ1v) is 10.6. The van der Waals surface area contributed by atoms with Crippen molar-refractivity contribution in [3.05, 3.63) is 23.3 Å². The Bertz CT molecular complexity index is 616. The topological polar surface area (TPSA) is 26.3 Å². The second kappa shape index (κ2) is 6.28. The molecule has 25 heavy (non-hydrogen) atoms. The van der Waals surface area contributed by atoms with E-state index in [-0.39, 0.29) is 11.4 Å². The molecule has 0 radical (unpaired) electrons. The van der Waals surface area contributed by atoms with Crippen LogP contribution in [0.3, 0.4) is 0 Å². The molecule has 0 aliphatic heterocycles. The van der Waals surface area contributed by atoms with Crippen molar-refractivity contribution in [1.82, 2.24) is 0 Å². The monoisotopic (exact) mass is 342 g/mol. The first-order chi connectivity index (χ1) is 12.0. The van der Waals surface area contributed by atoms with Crippen molar-refractivity contribution in [3.63, 3.8) is 0 Å². The molecule has 4 rings (SSSR count). The quantitative estimate of drug-likeness (QED) is 0.358. The van der Waals surface area contributed by atoms with Crippen molar-refractivity contribution in [1.29, 1.82) is 0 Å². The highest BCUT2D eigenvalue weighted by atomic mass is 16.5. The van der Waals surface area contributed by atoms with Gasteiger partial charge in [-0.1, -0.05) is 37.5 Å². The van der Waals surface area contributed by atoms with Crippen molar-refractivity contribution in [2.45, 2.75) is 78.6 Å². The molecule has 0 aromatic heterocycles. The Morgan fingerprint density at radius 1 is 1.16 bits per heavy atom. The Morgan fingerprint density at radius 3 is 2.76 bits per heavy atom. The van der Waals surface area contributed by atoms with E-state index in [1.807, 2.05) is 13.0 Å². The minimum absolute atomic E-state index is 0.133. The third kappa shape index (κ3) is 2.62. The van der Waals surface area contributed by atoms with E-state index in [4.69, 9.17) is 4.74 Å². The second-order valence-corrected chi connectivity index (χ2v) is 9.38. The summed E-state index contributed by atoms with van der Waals surface area (Å²) in [5.74, 6) is 2.31. The fourth-order valence-corrected chi connectivity index (χ4v) is 7.11. The summed E-state index contributed by atoms with van der Waals surface area (Å²) in [5.41, 5.74) is 3.85. The molecule has 0 aromatic carbocycles. The molecule has 3 saturated carbocycles. The SMILES string of the molecule is CCOC(=O)C=C1CC[C@H]2[C@@H]3CC=C4CCCC[C@]4(C)[C@H]3CC[C@]12C. The van der Waals surface area contributed by atoms with Gasteiger partial charge in [-0.2, -0.15) is 0 Å². The summed E-state index contributed by atoms with van der Waals surface area (Å²) in [4.78, 5) is 12.0. The van der Waals surface area contributed by atoms with Crippen LogP contribution in [0.25, 0.3) is 0 Å². The van der Waals surface area contributed by atoms with Gasteiger partial charge in [-0.3, -0.25) is 0 Å². The van der Waals surface area contributed by atoms with Crippen LogP contribution < -0.4 is 0 Å². The number of rotatable bonds is 2. The fraction of sp³-hybridized carbons (Fsp3) is 0.783. The van der Waals surface area contributed by atoms with Gasteiger partial charge in [0, 0.05) is 6.08 Å². The van der Waals surface area contributed by atoms with Gasteiger partial charge < -0.3 is 4.74 Å². The predicted molar refractivity (Wildman–Crippen MR) is 101 cm³/mol. The molecule has 4 aliphatic carbocycles. The molecule has 138 valence electrons. The first-order valence-electron chi connectivity index (χ1n) is 10.6. The summed E-state index contributed by atoms with van der Waals surface area (Å²) in [6.07, 6.45) is 16.2. The maximum Gasteiger partial charge on any atom is 0.330 e. The van der Waals surface area contributed by atoms with Crippen LogP contribution in [0.5, 0.6) is 0 Å². The largest absolute Gasteiger partial charge is 0.463 e. The van der Waals surface area contributed by atoms with Crippen LogP contribution in [0, 0.1) is 28.6 Å². The van der Waals surface area contributed by atoms with Gasteiger partial charge in [-0.25, -0.2) is 4.79 Å². The van der Waals surface area contributed by atoms with Crippen molar-refractivity contribution in [2.24, 2.45) is 28.6 Å². The van der Waals surface area contributed by atoms with Crippen LogP contribution in [0.15, 0.2) is 23.3 Å². The number of hydrogen-bond acceptors (Lipinski definition) is 2. The third-order valence-electron chi connectivity index (χ3n) is 8.44. The van der Waals surface area contributed by atoms with E-state index in [0.29, 0.717) is 12.0 Å². The van der Waals surface area contributed by atoms with Crippen molar-refractivity contribution in [2.75, 3.05) is 6.61 Å². The van der Waals surface area contributed by atoms with Gasteiger partial charge in [0.15, 0.2) is 0 Å². The Kier molecular flexibility index (Phi) is 4.37. The number of fused-ring (bicyclic) bond motifs is 5. The van der Waals surface area contributed by atoms with Crippen LogP contribution in [-0.2, 0) is 9.53 Å². The van der Waals surface area contributed by atoms with Gasteiger partial charge in [-0.05, 0) is 86.9 Å². The zero-order chi connectivity index (χ0) is 17.7. The van der Waals surface area contributed by atoms with Crippen LogP contribution in [0.1, 0.15) is 78.6 Å². The van der Waals surface area contributed by atoms with Crippen LogP contribution >= 0.6 is 0 Å². The summed E-state index contributed by atoms with van der Waals surface area (Å²) in [6, 6.07) is 0. The molecule has 0 spiro atoms. The molecule has 0 unspecified atom stereocenters.